The summed E-state index contributed by atoms with van der Waals surface area (Å²) in [5.41, 5.74) is 2.84. The molecule has 8 nitrogen and oxygen atoms in total. The monoisotopic (exact) mass is 538 g/mol. The standard InChI is InChI=1S/C28H32ClFN6O2/c1-16-7-8-22-20(14-31-34-22)23(16)24-21(29)13-19-26(25(24)30)32-28(38-15-17-5-3-10-35(17)2)33-27(19)36-11-4-6-18(37)9-12-36/h7-8,13-14,17-18,37H,3-6,9-12,15H2,1-2H3,(H,31,34)/t17-,18?/m0/s1. The highest BCUT2D eigenvalue weighted by atomic mass is 35.5. The summed E-state index contributed by atoms with van der Waals surface area (Å²) in [6, 6.07) is 6.05. The SMILES string of the molecule is Cc1ccc2[nH]ncc2c1-c1c(Cl)cc2c(N3CCCC(O)CC3)nc(OC[C@@H]3CCCN3C)nc2c1F. The van der Waals surface area contributed by atoms with Gasteiger partial charge in [-0.05, 0) is 70.3 Å². The maximum absolute atomic E-state index is 16.6. The van der Waals surface area contributed by atoms with Gasteiger partial charge in [0.05, 0.1) is 22.8 Å². The zero-order valence-corrected chi connectivity index (χ0v) is 22.4. The second-order valence-electron chi connectivity index (χ2n) is 10.5. The van der Waals surface area contributed by atoms with Crippen molar-refractivity contribution in [3.8, 4) is 17.1 Å². The van der Waals surface area contributed by atoms with Crippen LogP contribution in [0.3, 0.4) is 0 Å². The number of aryl methyl sites for hydroxylation is 1. The van der Waals surface area contributed by atoms with Crippen LogP contribution in [0.4, 0.5) is 10.2 Å². The number of anilines is 1. The van der Waals surface area contributed by atoms with Crippen LogP contribution in [-0.2, 0) is 0 Å². The Balaban J connectivity index is 1.51. The summed E-state index contributed by atoms with van der Waals surface area (Å²) in [4.78, 5) is 13.7. The van der Waals surface area contributed by atoms with Crippen molar-refractivity contribution in [2.75, 3.05) is 38.2 Å². The first kappa shape index (κ1) is 25.3. The van der Waals surface area contributed by atoms with Gasteiger partial charge in [-0.1, -0.05) is 17.7 Å². The number of likely N-dealkylation sites (tertiary alicyclic amines) is 1. The zero-order valence-electron chi connectivity index (χ0n) is 21.7. The highest BCUT2D eigenvalue weighted by molar-refractivity contribution is 6.35. The third-order valence-corrected chi connectivity index (χ3v) is 8.30. The first-order chi connectivity index (χ1) is 18.4. The van der Waals surface area contributed by atoms with Crippen LogP contribution < -0.4 is 9.64 Å². The number of aromatic amines is 1. The fourth-order valence-electron chi connectivity index (χ4n) is 5.80. The number of nitrogens with one attached hydrogen (secondary N) is 1. The summed E-state index contributed by atoms with van der Waals surface area (Å²) < 4.78 is 22.7. The molecule has 38 heavy (non-hydrogen) atoms. The molecule has 2 fully saturated rings. The summed E-state index contributed by atoms with van der Waals surface area (Å²) in [6.07, 6.45) is 5.66. The Hall–Kier alpha value is -3.01. The Kier molecular flexibility index (Phi) is 6.84. The van der Waals surface area contributed by atoms with Gasteiger partial charge in [-0.3, -0.25) is 5.10 Å². The van der Waals surface area contributed by atoms with Crippen LogP contribution in [-0.4, -0.2) is 75.6 Å². The number of fused-ring (bicyclic) bond motifs is 2. The minimum absolute atomic E-state index is 0.156. The summed E-state index contributed by atoms with van der Waals surface area (Å²) in [5, 5.41) is 18.9. The first-order valence-corrected chi connectivity index (χ1v) is 13.7. The van der Waals surface area contributed by atoms with E-state index in [4.69, 9.17) is 21.3 Å². The molecule has 4 aromatic rings. The van der Waals surface area contributed by atoms with Gasteiger partial charge in [0, 0.05) is 41.0 Å². The highest BCUT2D eigenvalue weighted by Gasteiger charge is 2.27. The molecule has 1 unspecified atom stereocenters. The van der Waals surface area contributed by atoms with Crippen molar-refractivity contribution in [1.29, 1.82) is 0 Å². The topological polar surface area (TPSA) is 90.4 Å². The summed E-state index contributed by atoms with van der Waals surface area (Å²) >= 11 is 6.83. The molecule has 0 radical (unpaired) electrons. The Morgan fingerprint density at radius 2 is 1.95 bits per heavy atom. The number of aliphatic hydroxyl groups excluding tert-OH is 1. The number of nitrogens with zero attached hydrogens (tertiary/aromatic N) is 5. The molecule has 2 aromatic carbocycles. The fourth-order valence-corrected chi connectivity index (χ4v) is 6.09. The number of halogens is 2. The molecule has 0 saturated carbocycles. The van der Waals surface area contributed by atoms with E-state index in [1.165, 1.54) is 0 Å². The van der Waals surface area contributed by atoms with Gasteiger partial charge in [-0.15, -0.1) is 0 Å². The normalized spacial score (nSPS) is 20.9. The van der Waals surface area contributed by atoms with E-state index in [0.717, 1.165) is 48.7 Å². The number of H-pyrrole nitrogens is 1. The highest BCUT2D eigenvalue weighted by Crippen LogP contribution is 2.42. The van der Waals surface area contributed by atoms with E-state index in [1.807, 2.05) is 19.1 Å². The minimum Gasteiger partial charge on any atom is -0.462 e. The van der Waals surface area contributed by atoms with Crippen LogP contribution in [0.25, 0.3) is 32.9 Å². The first-order valence-electron chi connectivity index (χ1n) is 13.3. The molecule has 6 rings (SSSR count). The summed E-state index contributed by atoms with van der Waals surface area (Å²) in [7, 11) is 2.09. The lowest BCUT2D eigenvalue weighted by Crippen LogP contribution is -2.31. The van der Waals surface area contributed by atoms with Gasteiger partial charge >= 0.3 is 6.01 Å². The average molecular weight is 539 g/mol. The van der Waals surface area contributed by atoms with Gasteiger partial charge < -0.3 is 19.6 Å². The molecule has 2 aliphatic rings. The lowest BCUT2D eigenvalue weighted by molar-refractivity contribution is 0.161. The lowest BCUT2D eigenvalue weighted by atomic mass is 9.95. The Morgan fingerprint density at radius 1 is 1.11 bits per heavy atom. The van der Waals surface area contributed by atoms with E-state index in [1.54, 1.807) is 12.3 Å². The van der Waals surface area contributed by atoms with E-state index in [9.17, 15) is 5.11 Å². The molecule has 4 heterocycles. The van der Waals surface area contributed by atoms with Gasteiger partial charge in [0.25, 0.3) is 0 Å². The van der Waals surface area contributed by atoms with Gasteiger partial charge in [-0.2, -0.15) is 15.1 Å². The third kappa shape index (κ3) is 4.57. The predicted molar refractivity (Wildman–Crippen MR) is 148 cm³/mol. The Labute approximate surface area is 225 Å². The smallest absolute Gasteiger partial charge is 0.319 e. The van der Waals surface area contributed by atoms with Crippen LogP contribution in [0.1, 0.15) is 37.7 Å². The fraction of sp³-hybridized carbons (Fsp3) is 0.464. The molecule has 10 heteroatoms. The minimum atomic E-state index is -0.509. The largest absolute Gasteiger partial charge is 0.462 e. The van der Waals surface area contributed by atoms with Crippen molar-refractivity contribution in [3.05, 3.63) is 40.8 Å². The molecule has 0 amide bonds. The molecule has 0 bridgehead atoms. The van der Waals surface area contributed by atoms with Gasteiger partial charge in [0.1, 0.15) is 17.9 Å². The molecule has 2 N–H and O–H groups in total. The summed E-state index contributed by atoms with van der Waals surface area (Å²) in [6.45, 7) is 4.70. The second kappa shape index (κ2) is 10.3. The van der Waals surface area contributed by atoms with Gasteiger partial charge in [-0.25, -0.2) is 4.39 Å². The van der Waals surface area contributed by atoms with Crippen molar-refractivity contribution in [2.45, 2.75) is 51.2 Å². The molecule has 0 aliphatic carbocycles. The van der Waals surface area contributed by atoms with Crippen molar-refractivity contribution < 1.29 is 14.2 Å². The summed E-state index contributed by atoms with van der Waals surface area (Å²) in [5.74, 6) is 0.0788. The van der Waals surface area contributed by atoms with Crippen LogP contribution in [0.2, 0.25) is 5.02 Å². The number of hydrogen-bond acceptors (Lipinski definition) is 7. The number of hydrogen-bond donors (Lipinski definition) is 2. The van der Waals surface area contributed by atoms with Crippen LogP contribution in [0.15, 0.2) is 24.4 Å². The maximum atomic E-state index is 16.6. The van der Waals surface area contributed by atoms with Crippen LogP contribution in [0, 0.1) is 12.7 Å². The molecule has 2 saturated heterocycles. The van der Waals surface area contributed by atoms with Crippen LogP contribution in [0.5, 0.6) is 6.01 Å². The average Bonchev–Trinajstić information content (AvgIpc) is 3.48. The Morgan fingerprint density at radius 3 is 2.76 bits per heavy atom. The van der Waals surface area contributed by atoms with Crippen molar-refractivity contribution in [3.63, 3.8) is 0 Å². The molecule has 2 aliphatic heterocycles. The van der Waals surface area contributed by atoms with Crippen molar-refractivity contribution in [1.82, 2.24) is 25.1 Å². The molecule has 0 spiro atoms. The van der Waals surface area contributed by atoms with E-state index in [2.05, 4.69) is 32.0 Å². The third-order valence-electron chi connectivity index (χ3n) is 8.00. The van der Waals surface area contributed by atoms with E-state index in [0.29, 0.717) is 48.4 Å². The number of likely N-dealkylation sites (N-methyl/N-ethyl adjacent to an activating group) is 1. The van der Waals surface area contributed by atoms with Gasteiger partial charge in [0.15, 0.2) is 5.82 Å². The van der Waals surface area contributed by atoms with Crippen molar-refractivity contribution in [2.24, 2.45) is 0 Å². The number of aromatic nitrogens is 4. The van der Waals surface area contributed by atoms with E-state index < -0.39 is 5.82 Å². The zero-order chi connectivity index (χ0) is 26.4. The van der Waals surface area contributed by atoms with E-state index >= 15 is 4.39 Å². The maximum Gasteiger partial charge on any atom is 0.319 e. The van der Waals surface area contributed by atoms with E-state index in [-0.39, 0.29) is 28.7 Å². The molecule has 2 atom stereocenters. The number of benzene rings is 2. The van der Waals surface area contributed by atoms with Gasteiger partial charge in [0.2, 0.25) is 0 Å². The quantitative estimate of drug-likeness (QED) is 0.365. The van der Waals surface area contributed by atoms with Crippen molar-refractivity contribution >= 4 is 39.2 Å². The Bertz CT molecular complexity index is 1490. The number of rotatable bonds is 5. The molecular weight excluding hydrogens is 507 g/mol. The lowest BCUT2D eigenvalue weighted by Gasteiger charge is -2.25. The molecular formula is C28H32ClFN6O2. The number of ether oxygens (including phenoxy) is 1. The van der Waals surface area contributed by atoms with Crippen LogP contribution >= 0.6 is 11.6 Å². The number of aliphatic hydroxyl groups is 1. The molecule has 2 aromatic heterocycles. The predicted octanol–water partition coefficient (Wildman–Crippen LogP) is 5.10. The molecule has 200 valence electrons. The second-order valence-corrected chi connectivity index (χ2v) is 10.9.